The maximum absolute atomic E-state index is 13.2. The molecule has 4 rings (SSSR count). The van der Waals surface area contributed by atoms with Gasteiger partial charge in [-0.2, -0.15) is 5.10 Å². The Morgan fingerprint density at radius 2 is 1.87 bits per heavy atom. The summed E-state index contributed by atoms with van der Waals surface area (Å²) in [6, 6.07) is 7.56. The van der Waals surface area contributed by atoms with Gasteiger partial charge >= 0.3 is 0 Å². The van der Waals surface area contributed by atoms with Gasteiger partial charge in [0.1, 0.15) is 10.7 Å². The zero-order valence-electron chi connectivity index (χ0n) is 16.6. The molecule has 1 unspecified atom stereocenters. The van der Waals surface area contributed by atoms with Crippen LogP contribution in [0, 0.1) is 19.7 Å². The Labute approximate surface area is 176 Å². The van der Waals surface area contributed by atoms with Crippen LogP contribution in [0.1, 0.15) is 39.6 Å². The normalized spacial score (nSPS) is 12.0. The Kier molecular flexibility index (Phi) is 5.37. The molecule has 1 amide bonds. The molecule has 0 saturated carbocycles. The molecule has 0 bridgehead atoms. The minimum atomic E-state index is -0.301. The number of halogens is 1. The summed E-state index contributed by atoms with van der Waals surface area (Å²) in [4.78, 5) is 26.2. The molecule has 7 nitrogen and oxygen atoms in total. The van der Waals surface area contributed by atoms with E-state index in [2.05, 4.69) is 25.4 Å². The van der Waals surface area contributed by atoms with Gasteiger partial charge in [0.15, 0.2) is 10.8 Å². The van der Waals surface area contributed by atoms with Crippen molar-refractivity contribution in [3.8, 4) is 16.5 Å². The Hall–Kier alpha value is -3.46. The van der Waals surface area contributed by atoms with Crippen LogP contribution in [0.25, 0.3) is 16.5 Å². The summed E-state index contributed by atoms with van der Waals surface area (Å²) in [5.41, 5.74) is 3.13. The first-order valence-corrected chi connectivity index (χ1v) is 10.1. The van der Waals surface area contributed by atoms with E-state index in [1.54, 1.807) is 48.4 Å². The Morgan fingerprint density at radius 3 is 2.57 bits per heavy atom. The molecule has 1 N–H and O–H groups in total. The molecule has 30 heavy (non-hydrogen) atoms. The number of benzene rings is 1. The molecule has 0 radical (unpaired) electrons. The summed E-state index contributed by atoms with van der Waals surface area (Å²) >= 11 is 1.26. The summed E-state index contributed by atoms with van der Waals surface area (Å²) in [5, 5.41) is 8.01. The number of aromatic nitrogens is 5. The molecular formula is C21H19FN6OS. The predicted octanol–water partition coefficient (Wildman–Crippen LogP) is 4.03. The first-order valence-electron chi connectivity index (χ1n) is 9.30. The maximum atomic E-state index is 13.2. The molecule has 1 atom stereocenters. The summed E-state index contributed by atoms with van der Waals surface area (Å²) in [7, 11) is 0. The van der Waals surface area contributed by atoms with Crippen LogP contribution < -0.4 is 5.32 Å². The predicted molar refractivity (Wildman–Crippen MR) is 112 cm³/mol. The zero-order chi connectivity index (χ0) is 21.3. The molecular weight excluding hydrogens is 403 g/mol. The van der Waals surface area contributed by atoms with Gasteiger partial charge in [-0.1, -0.05) is 0 Å². The van der Waals surface area contributed by atoms with Crippen molar-refractivity contribution in [3.05, 3.63) is 76.6 Å². The number of carbonyl (C=O) groups is 1. The van der Waals surface area contributed by atoms with Crippen LogP contribution in [-0.2, 0) is 0 Å². The van der Waals surface area contributed by atoms with Crippen LogP contribution in [0.3, 0.4) is 0 Å². The summed E-state index contributed by atoms with van der Waals surface area (Å²) in [6.45, 7) is 5.60. The number of carbonyl (C=O) groups excluding carboxylic acids is 1. The lowest BCUT2D eigenvalue weighted by molar-refractivity contribution is 0.0943. The van der Waals surface area contributed by atoms with E-state index < -0.39 is 0 Å². The monoisotopic (exact) mass is 422 g/mol. The number of hydrogen-bond acceptors (Lipinski definition) is 6. The largest absolute Gasteiger partial charge is 0.345 e. The van der Waals surface area contributed by atoms with E-state index >= 15 is 0 Å². The van der Waals surface area contributed by atoms with Crippen LogP contribution in [0.2, 0.25) is 0 Å². The fraction of sp³-hybridized carbons (Fsp3) is 0.190. The number of amides is 1. The van der Waals surface area contributed by atoms with Gasteiger partial charge in [-0.05, 0) is 51.1 Å². The van der Waals surface area contributed by atoms with Gasteiger partial charge in [0, 0.05) is 23.7 Å². The van der Waals surface area contributed by atoms with E-state index in [-0.39, 0.29) is 17.8 Å². The number of rotatable bonds is 5. The zero-order valence-corrected chi connectivity index (χ0v) is 17.4. The Morgan fingerprint density at radius 1 is 1.17 bits per heavy atom. The third kappa shape index (κ3) is 3.84. The Balaban J connectivity index is 1.53. The molecule has 3 heterocycles. The van der Waals surface area contributed by atoms with Crippen molar-refractivity contribution >= 4 is 17.2 Å². The first kappa shape index (κ1) is 19.8. The van der Waals surface area contributed by atoms with Gasteiger partial charge in [-0.15, -0.1) is 11.3 Å². The first-order chi connectivity index (χ1) is 14.4. The SMILES string of the molecule is Cc1nc(-c2ncccn2)sc1C(=O)NC(C)c1cnn(-c2ccc(F)cc2)c1C. The fourth-order valence-corrected chi connectivity index (χ4v) is 4.06. The van der Waals surface area contributed by atoms with Crippen LogP contribution in [0.5, 0.6) is 0 Å². The number of aryl methyl sites for hydroxylation is 1. The summed E-state index contributed by atoms with van der Waals surface area (Å²) < 4.78 is 14.9. The number of hydrogen-bond donors (Lipinski definition) is 1. The average Bonchev–Trinajstić information content (AvgIpc) is 3.32. The minimum absolute atomic E-state index is 0.214. The van der Waals surface area contributed by atoms with Crippen LogP contribution in [0.15, 0.2) is 48.9 Å². The molecule has 9 heteroatoms. The number of nitrogens with one attached hydrogen (secondary N) is 1. The fourth-order valence-electron chi connectivity index (χ4n) is 3.14. The molecule has 0 fully saturated rings. The van der Waals surface area contributed by atoms with Gasteiger partial charge in [-0.3, -0.25) is 4.79 Å². The van der Waals surface area contributed by atoms with Crippen LogP contribution >= 0.6 is 11.3 Å². The van der Waals surface area contributed by atoms with E-state index in [1.165, 1.54) is 23.5 Å². The van der Waals surface area contributed by atoms with Crippen molar-refractivity contribution in [1.29, 1.82) is 0 Å². The van der Waals surface area contributed by atoms with Crippen molar-refractivity contribution in [2.24, 2.45) is 0 Å². The molecule has 152 valence electrons. The minimum Gasteiger partial charge on any atom is -0.345 e. The van der Waals surface area contributed by atoms with Crippen molar-refractivity contribution in [2.45, 2.75) is 26.8 Å². The second kappa shape index (κ2) is 8.11. The summed E-state index contributed by atoms with van der Waals surface area (Å²) in [5.74, 6) is -0.0210. The highest BCUT2D eigenvalue weighted by Gasteiger charge is 2.21. The highest BCUT2D eigenvalue weighted by Crippen LogP contribution is 2.26. The van der Waals surface area contributed by atoms with E-state index in [4.69, 9.17) is 0 Å². The quantitative estimate of drug-likeness (QED) is 0.525. The molecule has 4 aromatic rings. The molecule has 0 saturated heterocycles. The van der Waals surface area contributed by atoms with Crippen molar-refractivity contribution in [3.63, 3.8) is 0 Å². The van der Waals surface area contributed by atoms with Crippen molar-refractivity contribution in [2.75, 3.05) is 0 Å². The molecule has 0 aliphatic heterocycles. The van der Waals surface area contributed by atoms with Gasteiger partial charge in [-0.25, -0.2) is 24.0 Å². The highest BCUT2D eigenvalue weighted by atomic mass is 32.1. The molecule has 1 aromatic carbocycles. The van der Waals surface area contributed by atoms with Crippen molar-refractivity contribution in [1.82, 2.24) is 30.0 Å². The van der Waals surface area contributed by atoms with Gasteiger partial charge in [0.05, 0.1) is 23.6 Å². The maximum Gasteiger partial charge on any atom is 0.263 e. The van der Waals surface area contributed by atoms with Crippen LogP contribution in [-0.4, -0.2) is 30.6 Å². The average molecular weight is 422 g/mol. The lowest BCUT2D eigenvalue weighted by Crippen LogP contribution is -2.26. The molecule has 0 aliphatic rings. The second-order valence-corrected chi connectivity index (χ2v) is 7.77. The number of thiazole rings is 1. The van der Waals surface area contributed by atoms with Gasteiger partial charge in [0.25, 0.3) is 5.91 Å². The topological polar surface area (TPSA) is 85.6 Å². The number of nitrogens with zero attached hydrogens (tertiary/aromatic N) is 5. The lowest BCUT2D eigenvalue weighted by Gasteiger charge is -2.14. The summed E-state index contributed by atoms with van der Waals surface area (Å²) in [6.07, 6.45) is 5.00. The molecule has 0 spiro atoms. The second-order valence-electron chi connectivity index (χ2n) is 6.77. The smallest absolute Gasteiger partial charge is 0.263 e. The van der Waals surface area contributed by atoms with E-state index in [0.29, 0.717) is 21.4 Å². The molecule has 3 aromatic heterocycles. The van der Waals surface area contributed by atoms with Gasteiger partial charge < -0.3 is 5.32 Å². The van der Waals surface area contributed by atoms with Crippen LogP contribution in [0.4, 0.5) is 4.39 Å². The lowest BCUT2D eigenvalue weighted by atomic mass is 10.1. The third-order valence-corrected chi connectivity index (χ3v) is 5.85. The third-order valence-electron chi connectivity index (χ3n) is 4.69. The van der Waals surface area contributed by atoms with Crippen molar-refractivity contribution < 1.29 is 9.18 Å². The van der Waals surface area contributed by atoms with E-state index in [9.17, 15) is 9.18 Å². The van der Waals surface area contributed by atoms with Gasteiger partial charge in [0.2, 0.25) is 0 Å². The highest BCUT2D eigenvalue weighted by molar-refractivity contribution is 7.17. The molecule has 0 aliphatic carbocycles. The standard InChI is InChI=1S/C21H19FN6OS/c1-12(17-11-25-28(14(17)3)16-7-5-15(22)6-8-16)26-20(29)18-13(2)27-21(30-18)19-23-9-4-10-24-19/h4-12H,1-3H3,(H,26,29). The van der Waals surface area contributed by atoms with E-state index in [0.717, 1.165) is 16.9 Å². The Bertz CT molecular complexity index is 1190. The van der Waals surface area contributed by atoms with E-state index in [1.807, 2.05) is 13.8 Å².